The first-order valence-electron chi connectivity index (χ1n) is 5.02. The van der Waals surface area contributed by atoms with E-state index in [0.717, 1.165) is 13.0 Å². The molecule has 0 spiro atoms. The Morgan fingerprint density at radius 2 is 1.93 bits per heavy atom. The Bertz CT molecular complexity index is 137. The molecule has 0 fully saturated rings. The summed E-state index contributed by atoms with van der Waals surface area (Å²) in [7, 11) is 1.68. The van der Waals surface area contributed by atoms with Crippen molar-refractivity contribution < 1.29 is 14.9 Å². The zero-order chi connectivity index (χ0) is 11.0. The molecule has 0 aromatic rings. The van der Waals surface area contributed by atoms with E-state index in [1.807, 2.05) is 6.92 Å². The van der Waals surface area contributed by atoms with E-state index < -0.39 is 5.41 Å². The lowest BCUT2D eigenvalue weighted by molar-refractivity contribution is 0.0665. The molecule has 0 aliphatic heterocycles. The maximum Gasteiger partial charge on any atom is 0.0518 e. The van der Waals surface area contributed by atoms with Gasteiger partial charge in [-0.2, -0.15) is 0 Å². The Kier molecular flexibility index (Phi) is 7.09. The van der Waals surface area contributed by atoms with Gasteiger partial charge in [0.25, 0.3) is 0 Å². The first-order valence-corrected chi connectivity index (χ1v) is 5.02. The van der Waals surface area contributed by atoms with Crippen molar-refractivity contribution in [3.8, 4) is 0 Å². The van der Waals surface area contributed by atoms with Crippen LogP contribution in [0.4, 0.5) is 0 Å². The molecule has 0 bridgehead atoms. The van der Waals surface area contributed by atoms with Crippen molar-refractivity contribution in [3.63, 3.8) is 0 Å². The lowest BCUT2D eigenvalue weighted by Gasteiger charge is -2.27. The quantitative estimate of drug-likeness (QED) is 0.521. The van der Waals surface area contributed by atoms with Gasteiger partial charge in [-0.25, -0.2) is 0 Å². The van der Waals surface area contributed by atoms with Crippen LogP contribution in [0.15, 0.2) is 0 Å². The van der Waals surface area contributed by atoms with Gasteiger partial charge in [-0.1, -0.05) is 6.92 Å². The van der Waals surface area contributed by atoms with E-state index in [-0.39, 0.29) is 13.2 Å². The molecule has 1 unspecified atom stereocenters. The number of rotatable bonds is 8. The number of aliphatic hydroxyl groups excluding tert-OH is 2. The molecule has 1 atom stereocenters. The molecule has 4 heteroatoms. The number of ether oxygens (including phenoxy) is 1. The van der Waals surface area contributed by atoms with E-state index >= 15 is 0 Å². The van der Waals surface area contributed by atoms with Gasteiger partial charge < -0.3 is 20.3 Å². The zero-order valence-electron chi connectivity index (χ0n) is 9.42. The highest BCUT2D eigenvalue weighted by Gasteiger charge is 2.22. The van der Waals surface area contributed by atoms with E-state index in [1.165, 1.54) is 0 Å². The van der Waals surface area contributed by atoms with Crippen molar-refractivity contribution in [1.82, 2.24) is 5.32 Å². The van der Waals surface area contributed by atoms with Crippen molar-refractivity contribution in [2.75, 3.05) is 33.5 Å². The predicted octanol–water partition coefficient (Wildman–Crippen LogP) is -0.00810. The van der Waals surface area contributed by atoms with E-state index in [4.69, 9.17) is 14.9 Å². The fourth-order valence-corrected chi connectivity index (χ4v) is 0.979. The highest BCUT2D eigenvalue weighted by molar-refractivity contribution is 4.76. The molecule has 0 radical (unpaired) electrons. The summed E-state index contributed by atoms with van der Waals surface area (Å²) in [5.74, 6) is 0. The van der Waals surface area contributed by atoms with Crippen LogP contribution in [0.1, 0.15) is 20.3 Å². The number of nitrogens with one attached hydrogen (secondary N) is 1. The van der Waals surface area contributed by atoms with Gasteiger partial charge in [-0.3, -0.25) is 0 Å². The number of hydrogen-bond acceptors (Lipinski definition) is 4. The van der Waals surface area contributed by atoms with Gasteiger partial charge in [0, 0.05) is 31.7 Å². The lowest BCUT2D eigenvalue weighted by Crippen LogP contribution is -2.41. The van der Waals surface area contributed by atoms with Gasteiger partial charge in [-0.05, 0) is 13.3 Å². The SMILES string of the molecule is COCCC(C)NCC(C)(CO)CO. The average molecular weight is 205 g/mol. The minimum Gasteiger partial charge on any atom is -0.396 e. The van der Waals surface area contributed by atoms with Crippen molar-refractivity contribution in [3.05, 3.63) is 0 Å². The fourth-order valence-electron chi connectivity index (χ4n) is 0.979. The smallest absolute Gasteiger partial charge is 0.0518 e. The van der Waals surface area contributed by atoms with Gasteiger partial charge in [0.15, 0.2) is 0 Å². The summed E-state index contributed by atoms with van der Waals surface area (Å²) in [6, 6.07) is 0.340. The molecule has 0 amide bonds. The average Bonchev–Trinajstić information content (AvgIpc) is 2.23. The lowest BCUT2D eigenvalue weighted by atomic mass is 9.92. The van der Waals surface area contributed by atoms with E-state index in [2.05, 4.69) is 12.2 Å². The molecule has 0 heterocycles. The first-order chi connectivity index (χ1) is 6.58. The fraction of sp³-hybridized carbons (Fsp3) is 1.00. The minimum atomic E-state index is -0.429. The van der Waals surface area contributed by atoms with Crippen LogP contribution in [0.5, 0.6) is 0 Å². The van der Waals surface area contributed by atoms with Crippen LogP contribution >= 0.6 is 0 Å². The Morgan fingerprint density at radius 3 is 2.36 bits per heavy atom. The summed E-state index contributed by atoms with van der Waals surface area (Å²) in [6.07, 6.45) is 0.934. The molecular weight excluding hydrogens is 182 g/mol. The second kappa shape index (κ2) is 7.17. The summed E-state index contributed by atoms with van der Waals surface area (Å²) < 4.78 is 4.96. The van der Waals surface area contributed by atoms with Gasteiger partial charge in [0.2, 0.25) is 0 Å². The van der Waals surface area contributed by atoms with E-state index in [9.17, 15) is 0 Å². The standard InChI is InChI=1S/C10H23NO3/c1-9(4-5-14-3)11-6-10(2,7-12)8-13/h9,11-13H,4-8H2,1-3H3. The highest BCUT2D eigenvalue weighted by atomic mass is 16.5. The molecule has 0 aliphatic carbocycles. The molecule has 86 valence electrons. The minimum absolute atomic E-state index is 0.00645. The van der Waals surface area contributed by atoms with Crippen molar-refractivity contribution in [1.29, 1.82) is 0 Å². The molecule has 0 saturated heterocycles. The molecule has 0 aromatic heterocycles. The summed E-state index contributed by atoms with van der Waals surface area (Å²) in [5, 5.41) is 21.4. The van der Waals surface area contributed by atoms with Crippen LogP contribution in [0.25, 0.3) is 0 Å². The van der Waals surface area contributed by atoms with Crippen molar-refractivity contribution in [2.45, 2.75) is 26.3 Å². The third kappa shape index (κ3) is 5.54. The van der Waals surface area contributed by atoms with Gasteiger partial charge in [-0.15, -0.1) is 0 Å². The monoisotopic (exact) mass is 205 g/mol. The third-order valence-electron chi connectivity index (χ3n) is 2.40. The van der Waals surface area contributed by atoms with Gasteiger partial charge in [0.1, 0.15) is 0 Å². The molecule has 14 heavy (non-hydrogen) atoms. The molecule has 0 saturated carbocycles. The molecule has 0 aliphatic rings. The second-order valence-electron chi connectivity index (χ2n) is 4.19. The Balaban J connectivity index is 3.68. The third-order valence-corrected chi connectivity index (χ3v) is 2.40. The van der Waals surface area contributed by atoms with Crippen LogP contribution < -0.4 is 5.32 Å². The van der Waals surface area contributed by atoms with Crippen molar-refractivity contribution >= 4 is 0 Å². The number of methoxy groups -OCH3 is 1. The molecule has 0 rings (SSSR count). The van der Waals surface area contributed by atoms with Crippen LogP contribution in [0.2, 0.25) is 0 Å². The first kappa shape index (κ1) is 13.8. The van der Waals surface area contributed by atoms with E-state index in [1.54, 1.807) is 7.11 Å². The summed E-state index contributed by atoms with van der Waals surface area (Å²) >= 11 is 0. The molecular formula is C10H23NO3. The Labute approximate surface area is 86.3 Å². The maximum atomic E-state index is 9.05. The largest absolute Gasteiger partial charge is 0.396 e. The van der Waals surface area contributed by atoms with Crippen LogP contribution in [-0.2, 0) is 4.74 Å². The molecule has 0 aromatic carbocycles. The van der Waals surface area contributed by atoms with Gasteiger partial charge in [0.05, 0.1) is 13.2 Å². The summed E-state index contributed by atoms with van der Waals surface area (Å²) in [4.78, 5) is 0. The predicted molar refractivity (Wildman–Crippen MR) is 56.2 cm³/mol. The highest BCUT2D eigenvalue weighted by Crippen LogP contribution is 2.12. The van der Waals surface area contributed by atoms with Gasteiger partial charge >= 0.3 is 0 Å². The van der Waals surface area contributed by atoms with Crippen LogP contribution in [-0.4, -0.2) is 49.7 Å². The Morgan fingerprint density at radius 1 is 1.36 bits per heavy atom. The molecule has 4 nitrogen and oxygen atoms in total. The normalized spacial score (nSPS) is 14.4. The summed E-state index contributed by atoms with van der Waals surface area (Å²) in [5.41, 5.74) is -0.429. The zero-order valence-corrected chi connectivity index (χ0v) is 9.42. The summed E-state index contributed by atoms with van der Waals surface area (Å²) in [6.45, 7) is 5.24. The molecule has 3 N–H and O–H groups in total. The Hall–Kier alpha value is -0.160. The topological polar surface area (TPSA) is 61.7 Å². The second-order valence-corrected chi connectivity index (χ2v) is 4.19. The van der Waals surface area contributed by atoms with Crippen LogP contribution in [0, 0.1) is 5.41 Å². The number of aliphatic hydroxyl groups is 2. The van der Waals surface area contributed by atoms with E-state index in [0.29, 0.717) is 12.6 Å². The maximum absolute atomic E-state index is 9.05. The number of hydrogen-bond donors (Lipinski definition) is 3. The van der Waals surface area contributed by atoms with Crippen LogP contribution in [0.3, 0.4) is 0 Å². The van der Waals surface area contributed by atoms with Crippen molar-refractivity contribution in [2.24, 2.45) is 5.41 Å².